The summed E-state index contributed by atoms with van der Waals surface area (Å²) in [5.41, 5.74) is 3.85. The lowest BCUT2D eigenvalue weighted by Crippen LogP contribution is -2.19. The molecule has 0 spiro atoms. The number of hydrogen-bond acceptors (Lipinski definition) is 5. The number of benzene rings is 2. The summed E-state index contributed by atoms with van der Waals surface area (Å²) in [6.07, 6.45) is 0.495. The first-order valence-electron chi connectivity index (χ1n) is 10.4. The van der Waals surface area contributed by atoms with Gasteiger partial charge in [0.1, 0.15) is 11.6 Å². The van der Waals surface area contributed by atoms with Gasteiger partial charge in [0.2, 0.25) is 0 Å². The first-order valence-corrected chi connectivity index (χ1v) is 12.3. The molecule has 1 atom stereocenters. The molecule has 164 valence electrons. The third-order valence-electron chi connectivity index (χ3n) is 5.75. The van der Waals surface area contributed by atoms with E-state index in [9.17, 15) is 13.2 Å². The Kier molecular flexibility index (Phi) is 4.85. The number of aryl methyl sites for hydroxylation is 2. The average molecular weight is 450 g/mol. The molecule has 1 aliphatic rings. The van der Waals surface area contributed by atoms with Crippen LogP contribution in [0.25, 0.3) is 16.7 Å². The Morgan fingerprint density at radius 3 is 2.59 bits per heavy atom. The van der Waals surface area contributed by atoms with E-state index in [0.29, 0.717) is 17.8 Å². The molecule has 1 N–H and O–H groups in total. The molecule has 1 saturated heterocycles. The number of rotatable bonds is 4. The van der Waals surface area contributed by atoms with E-state index in [1.165, 1.54) is 0 Å². The SMILES string of the molecule is Cc1cc(NC(=O)c2ccc3c(c2)nc(C)n3-c2ccccc2)n(C2CCS(=O)(=O)C2)n1. The average Bonchev–Trinajstić information content (AvgIpc) is 3.41. The summed E-state index contributed by atoms with van der Waals surface area (Å²) in [7, 11) is -3.06. The Morgan fingerprint density at radius 1 is 1.09 bits per heavy atom. The van der Waals surface area contributed by atoms with Crippen molar-refractivity contribution in [1.29, 1.82) is 0 Å². The van der Waals surface area contributed by atoms with Gasteiger partial charge in [0.05, 0.1) is 34.3 Å². The third-order valence-corrected chi connectivity index (χ3v) is 7.50. The van der Waals surface area contributed by atoms with Crippen molar-refractivity contribution in [2.45, 2.75) is 26.3 Å². The summed E-state index contributed by atoms with van der Waals surface area (Å²) in [4.78, 5) is 17.7. The van der Waals surface area contributed by atoms with Crippen molar-refractivity contribution in [3.8, 4) is 5.69 Å². The van der Waals surface area contributed by atoms with Crippen LogP contribution in [0.4, 0.5) is 5.82 Å². The van der Waals surface area contributed by atoms with Crippen LogP contribution in [-0.4, -0.2) is 45.2 Å². The van der Waals surface area contributed by atoms with Gasteiger partial charge in [0.15, 0.2) is 9.84 Å². The lowest BCUT2D eigenvalue weighted by atomic mass is 10.2. The highest BCUT2D eigenvalue weighted by Crippen LogP contribution is 2.28. The fourth-order valence-electron chi connectivity index (χ4n) is 4.29. The first kappa shape index (κ1) is 20.4. The van der Waals surface area contributed by atoms with Crippen molar-refractivity contribution in [3.63, 3.8) is 0 Å². The molecule has 0 aliphatic carbocycles. The zero-order valence-electron chi connectivity index (χ0n) is 17.8. The number of imidazole rings is 1. The second kappa shape index (κ2) is 7.59. The van der Waals surface area contributed by atoms with Crippen LogP contribution in [0, 0.1) is 13.8 Å². The van der Waals surface area contributed by atoms with Gasteiger partial charge in [-0.05, 0) is 50.6 Å². The lowest BCUT2D eigenvalue weighted by molar-refractivity contribution is 0.102. The number of nitrogens with one attached hydrogen (secondary N) is 1. The van der Waals surface area contributed by atoms with Crippen LogP contribution in [0.3, 0.4) is 0 Å². The second-order valence-corrected chi connectivity index (χ2v) is 10.4. The Labute approximate surface area is 185 Å². The topological polar surface area (TPSA) is 98.9 Å². The van der Waals surface area contributed by atoms with Crippen molar-refractivity contribution in [3.05, 3.63) is 71.7 Å². The van der Waals surface area contributed by atoms with Crippen molar-refractivity contribution < 1.29 is 13.2 Å². The molecule has 1 fully saturated rings. The van der Waals surface area contributed by atoms with Gasteiger partial charge < -0.3 is 5.32 Å². The van der Waals surface area contributed by atoms with E-state index in [4.69, 9.17) is 0 Å². The maximum atomic E-state index is 13.0. The predicted molar refractivity (Wildman–Crippen MR) is 123 cm³/mol. The summed E-state index contributed by atoms with van der Waals surface area (Å²) < 4.78 is 27.5. The van der Waals surface area contributed by atoms with E-state index in [2.05, 4.69) is 20.0 Å². The minimum Gasteiger partial charge on any atom is -0.307 e. The van der Waals surface area contributed by atoms with Crippen LogP contribution >= 0.6 is 0 Å². The second-order valence-electron chi connectivity index (χ2n) is 8.16. The summed E-state index contributed by atoms with van der Waals surface area (Å²) in [6, 6.07) is 16.9. The summed E-state index contributed by atoms with van der Waals surface area (Å²) in [5.74, 6) is 1.23. The molecule has 0 radical (unpaired) electrons. The molecule has 1 unspecified atom stereocenters. The monoisotopic (exact) mass is 449 g/mol. The summed E-state index contributed by atoms with van der Waals surface area (Å²) >= 11 is 0. The molecule has 4 aromatic rings. The van der Waals surface area contributed by atoms with Gasteiger partial charge in [0.25, 0.3) is 5.91 Å². The van der Waals surface area contributed by atoms with E-state index >= 15 is 0 Å². The van der Waals surface area contributed by atoms with E-state index in [0.717, 1.165) is 28.2 Å². The first-order chi connectivity index (χ1) is 15.3. The van der Waals surface area contributed by atoms with Crippen molar-refractivity contribution in [2.24, 2.45) is 0 Å². The molecule has 1 aliphatic heterocycles. The molecule has 1 amide bonds. The molecule has 2 aromatic heterocycles. The highest BCUT2D eigenvalue weighted by molar-refractivity contribution is 7.91. The van der Waals surface area contributed by atoms with Crippen LogP contribution in [0.1, 0.15) is 34.3 Å². The van der Waals surface area contributed by atoms with Gasteiger partial charge in [-0.1, -0.05) is 18.2 Å². The number of amides is 1. The number of nitrogens with zero attached hydrogens (tertiary/aromatic N) is 4. The van der Waals surface area contributed by atoms with Crippen LogP contribution in [-0.2, 0) is 9.84 Å². The van der Waals surface area contributed by atoms with Crippen molar-refractivity contribution >= 4 is 32.6 Å². The molecular formula is C23H23N5O3S. The number of carbonyl (C=O) groups excluding carboxylic acids is 1. The van der Waals surface area contributed by atoms with E-state index in [1.54, 1.807) is 22.9 Å². The zero-order valence-corrected chi connectivity index (χ0v) is 18.6. The molecule has 2 aromatic carbocycles. The smallest absolute Gasteiger partial charge is 0.256 e. The third kappa shape index (κ3) is 3.69. The van der Waals surface area contributed by atoms with Crippen LogP contribution in [0.2, 0.25) is 0 Å². The van der Waals surface area contributed by atoms with E-state index in [-0.39, 0.29) is 23.5 Å². The number of sulfone groups is 1. The largest absolute Gasteiger partial charge is 0.307 e. The highest BCUT2D eigenvalue weighted by atomic mass is 32.2. The number of anilines is 1. The molecule has 8 nitrogen and oxygen atoms in total. The Balaban J connectivity index is 1.44. The molecular weight excluding hydrogens is 426 g/mol. The fraction of sp³-hybridized carbons (Fsp3) is 0.261. The highest BCUT2D eigenvalue weighted by Gasteiger charge is 2.31. The lowest BCUT2D eigenvalue weighted by Gasteiger charge is -2.14. The van der Waals surface area contributed by atoms with Gasteiger partial charge in [-0.25, -0.2) is 18.1 Å². The van der Waals surface area contributed by atoms with Gasteiger partial charge in [-0.15, -0.1) is 0 Å². The van der Waals surface area contributed by atoms with Crippen LogP contribution < -0.4 is 5.32 Å². The minimum atomic E-state index is -3.06. The number of hydrogen-bond donors (Lipinski definition) is 1. The Morgan fingerprint density at radius 2 is 1.88 bits per heavy atom. The molecule has 0 bridgehead atoms. The molecule has 3 heterocycles. The van der Waals surface area contributed by atoms with Crippen LogP contribution in [0.15, 0.2) is 54.6 Å². The quantitative estimate of drug-likeness (QED) is 0.515. The number of carbonyl (C=O) groups is 1. The maximum absolute atomic E-state index is 13.0. The molecule has 0 saturated carbocycles. The van der Waals surface area contributed by atoms with Crippen molar-refractivity contribution in [1.82, 2.24) is 19.3 Å². The Hall–Kier alpha value is -3.46. The maximum Gasteiger partial charge on any atom is 0.256 e. The van der Waals surface area contributed by atoms with E-state index < -0.39 is 9.84 Å². The number of aromatic nitrogens is 4. The standard InChI is InChI=1S/C23H23N5O3S/c1-15-12-22(28(26-15)19-10-11-32(30,31)14-19)25-23(29)17-8-9-21-20(13-17)24-16(2)27(21)18-6-4-3-5-7-18/h3-9,12-13,19H,10-11,14H2,1-2H3,(H,25,29). The zero-order chi connectivity index (χ0) is 22.5. The minimum absolute atomic E-state index is 0.0408. The molecule has 5 rings (SSSR count). The van der Waals surface area contributed by atoms with Crippen LogP contribution in [0.5, 0.6) is 0 Å². The van der Waals surface area contributed by atoms with Gasteiger partial charge in [0, 0.05) is 17.3 Å². The normalized spacial score (nSPS) is 17.6. The summed E-state index contributed by atoms with van der Waals surface area (Å²) in [6.45, 7) is 3.75. The van der Waals surface area contributed by atoms with Crippen molar-refractivity contribution in [2.75, 3.05) is 16.8 Å². The van der Waals surface area contributed by atoms with Gasteiger partial charge in [-0.3, -0.25) is 9.36 Å². The van der Waals surface area contributed by atoms with E-state index in [1.807, 2.05) is 50.2 Å². The number of para-hydroxylation sites is 1. The predicted octanol–water partition coefficient (Wildman–Crippen LogP) is 3.45. The Bertz CT molecular complexity index is 1440. The summed E-state index contributed by atoms with van der Waals surface area (Å²) in [5, 5.41) is 7.33. The molecule has 32 heavy (non-hydrogen) atoms. The fourth-order valence-corrected chi connectivity index (χ4v) is 5.98. The van der Waals surface area contributed by atoms with Gasteiger partial charge in [-0.2, -0.15) is 5.10 Å². The number of fused-ring (bicyclic) bond motifs is 1. The van der Waals surface area contributed by atoms with Gasteiger partial charge >= 0.3 is 0 Å². The molecule has 9 heteroatoms.